The van der Waals surface area contributed by atoms with Crippen LogP contribution in [0.25, 0.3) is 0 Å². The number of piperidine rings is 2. The number of carbonyl (C=O) groups is 1. The number of sulfonamides is 1. The van der Waals surface area contributed by atoms with Gasteiger partial charge >= 0.3 is 0 Å². The van der Waals surface area contributed by atoms with E-state index in [4.69, 9.17) is 9.47 Å². The molecule has 3 aliphatic heterocycles. The summed E-state index contributed by atoms with van der Waals surface area (Å²) in [5.74, 6) is 1.31. The fourth-order valence-corrected chi connectivity index (χ4v) is 5.51. The van der Waals surface area contributed by atoms with Gasteiger partial charge in [0.25, 0.3) is 5.91 Å². The summed E-state index contributed by atoms with van der Waals surface area (Å²) in [6.07, 6.45) is 4.28. The van der Waals surface area contributed by atoms with Gasteiger partial charge in [0.05, 0.1) is 4.90 Å². The third-order valence-corrected chi connectivity index (χ3v) is 7.79. The summed E-state index contributed by atoms with van der Waals surface area (Å²) in [6, 6.07) is 4.66. The van der Waals surface area contributed by atoms with E-state index in [0.717, 1.165) is 45.2 Å². The van der Waals surface area contributed by atoms with Crippen LogP contribution in [0.1, 0.15) is 39.0 Å². The normalized spacial score (nSPS) is 24.2. The van der Waals surface area contributed by atoms with Crippen molar-refractivity contribution in [1.82, 2.24) is 9.21 Å². The Morgan fingerprint density at radius 3 is 2.46 bits per heavy atom. The average Bonchev–Trinajstić information content (AvgIpc) is 2.73. The minimum absolute atomic E-state index is 0.0514. The molecule has 0 N–H and O–H groups in total. The quantitative estimate of drug-likeness (QED) is 0.767. The topological polar surface area (TPSA) is 76.2 Å². The summed E-state index contributed by atoms with van der Waals surface area (Å²) < 4.78 is 39.0. The first kappa shape index (κ1) is 19.5. The molecule has 3 heterocycles. The maximum Gasteiger partial charge on any atom is 0.267 e. The fraction of sp³-hybridized carbons (Fsp3) is 0.650. The predicted octanol–water partition coefficient (Wildman–Crippen LogP) is 2.26. The third-order valence-electron chi connectivity index (χ3n) is 5.90. The molecule has 28 heavy (non-hydrogen) atoms. The molecule has 2 saturated heterocycles. The average molecular weight is 409 g/mol. The van der Waals surface area contributed by atoms with Crippen LogP contribution in [0.15, 0.2) is 23.1 Å². The Kier molecular flexibility index (Phi) is 5.51. The molecule has 3 aliphatic rings. The maximum absolute atomic E-state index is 12.9. The van der Waals surface area contributed by atoms with E-state index in [1.54, 1.807) is 16.4 Å². The lowest BCUT2D eigenvalue weighted by molar-refractivity contribution is -0.142. The molecule has 154 valence electrons. The molecule has 7 nitrogen and oxygen atoms in total. The number of rotatable bonds is 3. The number of ether oxygens (including phenoxy) is 2. The molecule has 0 aliphatic carbocycles. The monoisotopic (exact) mass is 408 g/mol. The number of likely N-dealkylation sites (tertiary alicyclic amines) is 1. The summed E-state index contributed by atoms with van der Waals surface area (Å²) in [7, 11) is -3.54. The lowest BCUT2D eigenvalue weighted by atomic mass is 10.0. The van der Waals surface area contributed by atoms with Gasteiger partial charge in [-0.1, -0.05) is 6.92 Å². The van der Waals surface area contributed by atoms with Gasteiger partial charge in [0.15, 0.2) is 11.5 Å². The zero-order valence-electron chi connectivity index (χ0n) is 16.3. The van der Waals surface area contributed by atoms with Crippen LogP contribution in [-0.2, 0) is 14.8 Å². The molecular formula is C20H28N2O5S. The van der Waals surface area contributed by atoms with E-state index in [-0.39, 0.29) is 17.4 Å². The van der Waals surface area contributed by atoms with Crippen LogP contribution in [0.2, 0.25) is 0 Å². The van der Waals surface area contributed by atoms with Crippen LogP contribution >= 0.6 is 0 Å². The van der Waals surface area contributed by atoms with Gasteiger partial charge in [-0.15, -0.1) is 0 Å². The Hall–Kier alpha value is -1.80. The summed E-state index contributed by atoms with van der Waals surface area (Å²) in [4.78, 5) is 14.7. The van der Waals surface area contributed by atoms with Crippen molar-refractivity contribution < 1.29 is 22.7 Å². The molecule has 0 bridgehead atoms. The Bertz CT molecular complexity index is 827. The Morgan fingerprint density at radius 1 is 1.04 bits per heavy atom. The molecular weight excluding hydrogens is 380 g/mol. The maximum atomic E-state index is 12.9. The first-order valence-corrected chi connectivity index (χ1v) is 11.6. The number of amides is 1. The lowest BCUT2D eigenvalue weighted by Gasteiger charge is -2.33. The molecule has 1 atom stereocenters. The van der Waals surface area contributed by atoms with Crippen LogP contribution < -0.4 is 9.47 Å². The van der Waals surface area contributed by atoms with Crippen molar-refractivity contribution in [2.45, 2.75) is 50.0 Å². The van der Waals surface area contributed by atoms with Gasteiger partial charge in [0, 0.05) is 32.2 Å². The number of nitrogens with zero attached hydrogens (tertiary/aromatic N) is 2. The Labute approximate surface area is 166 Å². The van der Waals surface area contributed by atoms with Crippen LogP contribution in [0.5, 0.6) is 11.5 Å². The van der Waals surface area contributed by atoms with Crippen molar-refractivity contribution in [3.63, 3.8) is 0 Å². The van der Waals surface area contributed by atoms with Crippen LogP contribution in [-0.4, -0.2) is 62.4 Å². The molecule has 1 aromatic carbocycles. The van der Waals surface area contributed by atoms with Crippen LogP contribution in [0.3, 0.4) is 0 Å². The standard InChI is InChI=1S/C20H28N2O5S/c1-15-7-11-22(12-8-15)28(24,25)16-5-6-17-18(13-16)26-14-19(27-17)20(23)21-9-3-2-4-10-21/h5-6,13,15,19H,2-4,7-12,14H2,1H3. The molecule has 0 radical (unpaired) electrons. The highest BCUT2D eigenvalue weighted by atomic mass is 32.2. The summed E-state index contributed by atoms with van der Waals surface area (Å²) in [6.45, 7) is 4.87. The zero-order valence-corrected chi connectivity index (χ0v) is 17.1. The second-order valence-electron chi connectivity index (χ2n) is 8.00. The second kappa shape index (κ2) is 7.91. The number of hydrogen-bond acceptors (Lipinski definition) is 5. The number of benzene rings is 1. The molecule has 1 aromatic rings. The van der Waals surface area contributed by atoms with Crippen molar-refractivity contribution in [2.24, 2.45) is 5.92 Å². The number of carbonyl (C=O) groups excluding carboxylic acids is 1. The van der Waals surface area contributed by atoms with Crippen molar-refractivity contribution in [2.75, 3.05) is 32.8 Å². The summed E-state index contributed by atoms with van der Waals surface area (Å²) in [5, 5.41) is 0. The van der Waals surface area contributed by atoms with Gasteiger partial charge in [-0.2, -0.15) is 4.31 Å². The molecule has 2 fully saturated rings. The van der Waals surface area contributed by atoms with Gasteiger partial charge < -0.3 is 14.4 Å². The van der Waals surface area contributed by atoms with Crippen molar-refractivity contribution in [1.29, 1.82) is 0 Å². The fourth-order valence-electron chi connectivity index (χ4n) is 4.03. The minimum Gasteiger partial charge on any atom is -0.485 e. The first-order valence-electron chi connectivity index (χ1n) is 10.2. The van der Waals surface area contributed by atoms with Gasteiger partial charge in [-0.3, -0.25) is 4.79 Å². The van der Waals surface area contributed by atoms with Crippen molar-refractivity contribution >= 4 is 15.9 Å². The van der Waals surface area contributed by atoms with E-state index in [1.807, 2.05) is 4.90 Å². The van der Waals surface area contributed by atoms with E-state index in [0.29, 0.717) is 30.5 Å². The van der Waals surface area contributed by atoms with Gasteiger partial charge in [-0.25, -0.2) is 8.42 Å². The highest BCUT2D eigenvalue weighted by molar-refractivity contribution is 7.89. The zero-order chi connectivity index (χ0) is 19.7. The number of fused-ring (bicyclic) bond motifs is 1. The highest BCUT2D eigenvalue weighted by Gasteiger charge is 2.34. The Morgan fingerprint density at radius 2 is 1.75 bits per heavy atom. The first-order chi connectivity index (χ1) is 13.4. The predicted molar refractivity (Wildman–Crippen MR) is 104 cm³/mol. The highest BCUT2D eigenvalue weighted by Crippen LogP contribution is 2.35. The largest absolute Gasteiger partial charge is 0.485 e. The van der Waals surface area contributed by atoms with E-state index in [9.17, 15) is 13.2 Å². The van der Waals surface area contributed by atoms with E-state index in [1.165, 1.54) is 6.07 Å². The SMILES string of the molecule is CC1CCN(S(=O)(=O)c2ccc3c(c2)OCC(C(=O)N2CCCCC2)O3)CC1. The second-order valence-corrected chi connectivity index (χ2v) is 9.94. The third kappa shape index (κ3) is 3.85. The smallest absolute Gasteiger partial charge is 0.267 e. The molecule has 0 aromatic heterocycles. The molecule has 8 heteroatoms. The molecule has 0 saturated carbocycles. The van der Waals surface area contributed by atoms with Gasteiger partial charge in [0.1, 0.15) is 6.61 Å². The van der Waals surface area contributed by atoms with Crippen LogP contribution in [0.4, 0.5) is 0 Å². The van der Waals surface area contributed by atoms with Crippen molar-refractivity contribution in [3.05, 3.63) is 18.2 Å². The molecule has 1 unspecified atom stereocenters. The molecule has 4 rings (SSSR count). The minimum atomic E-state index is -3.54. The van der Waals surface area contributed by atoms with E-state index >= 15 is 0 Å². The van der Waals surface area contributed by atoms with E-state index in [2.05, 4.69) is 6.92 Å². The number of hydrogen-bond donors (Lipinski definition) is 0. The summed E-state index contributed by atoms with van der Waals surface area (Å²) in [5.41, 5.74) is 0. The lowest BCUT2D eigenvalue weighted by Crippen LogP contribution is -2.48. The van der Waals surface area contributed by atoms with Crippen molar-refractivity contribution in [3.8, 4) is 11.5 Å². The van der Waals surface area contributed by atoms with Crippen LogP contribution in [0, 0.1) is 5.92 Å². The summed E-state index contributed by atoms with van der Waals surface area (Å²) >= 11 is 0. The molecule has 1 amide bonds. The van der Waals surface area contributed by atoms with Gasteiger partial charge in [0.2, 0.25) is 16.1 Å². The molecule has 0 spiro atoms. The van der Waals surface area contributed by atoms with Gasteiger partial charge in [-0.05, 0) is 50.2 Å². The Balaban J connectivity index is 1.47. The van der Waals surface area contributed by atoms with E-state index < -0.39 is 16.1 Å².